The van der Waals surface area contributed by atoms with Crippen molar-refractivity contribution in [1.29, 1.82) is 0 Å². The topological polar surface area (TPSA) is 96.5 Å². The van der Waals surface area contributed by atoms with Crippen molar-refractivity contribution >= 4 is 8.15 Å². The highest BCUT2D eigenvalue weighted by atomic mass is 31.1. The van der Waals surface area contributed by atoms with Crippen LogP contribution in [0.2, 0.25) is 0 Å². The van der Waals surface area contributed by atoms with Gasteiger partial charge >= 0.3 is 0 Å². The van der Waals surface area contributed by atoms with Gasteiger partial charge in [0.1, 0.15) is 5.60 Å². The minimum atomic E-state index is -0.515. The summed E-state index contributed by atoms with van der Waals surface area (Å²) >= 11 is 0. The van der Waals surface area contributed by atoms with Crippen LogP contribution >= 0.6 is 8.15 Å². The Morgan fingerprint density at radius 2 is 1.71 bits per heavy atom. The fraction of sp³-hybridized carbons (Fsp3) is 1.00. The van der Waals surface area contributed by atoms with Crippen LogP contribution in [-0.2, 0) is 9.56 Å². The lowest BCUT2D eigenvalue weighted by molar-refractivity contribution is -0.261. The van der Waals surface area contributed by atoms with E-state index in [0.717, 1.165) is 25.2 Å². The summed E-state index contributed by atoms with van der Waals surface area (Å²) in [5.74, 6) is 0. The Bertz CT molecular complexity index is 165. The third kappa shape index (κ3) is 3.12. The molecule has 0 saturated carbocycles. The van der Waals surface area contributed by atoms with Crippen molar-refractivity contribution in [2.45, 2.75) is 18.4 Å². The van der Waals surface area contributed by atoms with Gasteiger partial charge in [-0.1, -0.05) is 0 Å². The van der Waals surface area contributed by atoms with E-state index in [1.165, 1.54) is 0 Å². The Labute approximate surface area is 86.1 Å². The summed E-state index contributed by atoms with van der Waals surface area (Å²) in [4.78, 5) is 5.40. The molecule has 0 aliphatic carbocycles. The van der Waals surface area contributed by atoms with E-state index in [2.05, 4.69) is 0 Å². The van der Waals surface area contributed by atoms with Gasteiger partial charge in [0, 0.05) is 12.3 Å². The molecule has 6 N–H and O–H groups in total. The van der Waals surface area contributed by atoms with Gasteiger partial charge in [0.15, 0.2) is 0 Å². The highest BCUT2D eigenvalue weighted by Gasteiger charge is 2.41. The molecule has 0 radical (unpaired) electrons. The van der Waals surface area contributed by atoms with Crippen LogP contribution in [-0.4, -0.2) is 37.6 Å². The summed E-state index contributed by atoms with van der Waals surface area (Å²) in [7, 11) is -0.515. The SMILES string of the molecule is NCCP1CC(CCN)(CCN)OO1. The van der Waals surface area contributed by atoms with E-state index in [1.807, 2.05) is 0 Å². The maximum Gasteiger partial charge on any atom is 0.112 e. The molecule has 1 fully saturated rings. The summed E-state index contributed by atoms with van der Waals surface area (Å²) in [6, 6.07) is 0. The van der Waals surface area contributed by atoms with Crippen LogP contribution in [0.25, 0.3) is 0 Å². The molecule has 6 heteroatoms. The Balaban J connectivity index is 2.45. The van der Waals surface area contributed by atoms with Gasteiger partial charge < -0.3 is 17.2 Å². The molecule has 0 aromatic carbocycles. The Morgan fingerprint density at radius 3 is 2.21 bits per heavy atom. The van der Waals surface area contributed by atoms with Crippen molar-refractivity contribution in [3.8, 4) is 0 Å². The molecule has 1 rings (SSSR count). The van der Waals surface area contributed by atoms with Crippen molar-refractivity contribution in [2.24, 2.45) is 17.2 Å². The summed E-state index contributed by atoms with van der Waals surface area (Å²) in [6.07, 6.45) is 3.45. The zero-order valence-electron chi connectivity index (χ0n) is 8.45. The Kier molecular flexibility index (Phi) is 5.23. The fourth-order valence-corrected chi connectivity index (χ4v) is 3.51. The summed E-state index contributed by atoms with van der Waals surface area (Å²) in [5, 5.41) is 0. The first-order valence-corrected chi connectivity index (χ1v) is 6.60. The summed E-state index contributed by atoms with van der Waals surface area (Å²) < 4.78 is 5.29. The van der Waals surface area contributed by atoms with Crippen LogP contribution in [0.3, 0.4) is 0 Å². The maximum absolute atomic E-state index is 5.55. The van der Waals surface area contributed by atoms with Gasteiger partial charge in [0.05, 0.1) is 8.15 Å². The van der Waals surface area contributed by atoms with Crippen molar-refractivity contribution in [2.75, 3.05) is 32.0 Å². The van der Waals surface area contributed by atoms with Gasteiger partial charge in [-0.05, 0) is 32.5 Å². The third-order valence-corrected chi connectivity index (χ3v) is 4.33. The standard InChI is InChI=1S/C8H20N3O2P/c9-3-1-8(2-4-10)7-14(6-5-11)13-12-8/h1-7,9-11H2. The van der Waals surface area contributed by atoms with Crippen LogP contribution in [0.1, 0.15) is 12.8 Å². The lowest BCUT2D eigenvalue weighted by Gasteiger charge is -2.23. The van der Waals surface area contributed by atoms with Crippen LogP contribution in [0.5, 0.6) is 0 Å². The van der Waals surface area contributed by atoms with Crippen molar-refractivity contribution in [3.05, 3.63) is 0 Å². The van der Waals surface area contributed by atoms with Crippen LogP contribution in [0.15, 0.2) is 0 Å². The number of hydrogen-bond acceptors (Lipinski definition) is 5. The highest BCUT2D eigenvalue weighted by molar-refractivity contribution is 7.52. The van der Waals surface area contributed by atoms with Crippen LogP contribution in [0, 0.1) is 0 Å². The molecule has 1 aliphatic rings. The molecule has 0 aromatic heterocycles. The lowest BCUT2D eigenvalue weighted by atomic mass is 9.98. The van der Waals surface area contributed by atoms with Crippen molar-refractivity contribution < 1.29 is 9.56 Å². The van der Waals surface area contributed by atoms with E-state index in [4.69, 9.17) is 26.8 Å². The molecule has 14 heavy (non-hydrogen) atoms. The van der Waals surface area contributed by atoms with Crippen molar-refractivity contribution in [3.63, 3.8) is 0 Å². The normalized spacial score (nSPS) is 25.5. The molecule has 1 heterocycles. The average Bonchev–Trinajstić information content (AvgIpc) is 2.51. The summed E-state index contributed by atoms with van der Waals surface area (Å²) in [6.45, 7) is 1.86. The second-order valence-corrected chi connectivity index (χ2v) is 5.45. The smallest absolute Gasteiger partial charge is 0.112 e. The predicted molar refractivity (Wildman–Crippen MR) is 58.0 cm³/mol. The van der Waals surface area contributed by atoms with Gasteiger partial charge in [-0.3, -0.25) is 0 Å². The van der Waals surface area contributed by atoms with Crippen LogP contribution in [0.4, 0.5) is 0 Å². The van der Waals surface area contributed by atoms with Gasteiger partial charge in [-0.2, -0.15) is 0 Å². The Hall–Kier alpha value is 0.230. The first kappa shape index (κ1) is 12.3. The van der Waals surface area contributed by atoms with E-state index >= 15 is 0 Å². The lowest BCUT2D eigenvalue weighted by Crippen LogP contribution is -2.36. The maximum atomic E-state index is 5.55. The highest BCUT2D eigenvalue weighted by Crippen LogP contribution is 2.50. The molecule has 5 nitrogen and oxygen atoms in total. The fourth-order valence-electron chi connectivity index (χ4n) is 1.66. The molecule has 0 aromatic rings. The number of hydrogen-bond donors (Lipinski definition) is 3. The Morgan fingerprint density at radius 1 is 1.07 bits per heavy atom. The second-order valence-electron chi connectivity index (χ2n) is 3.57. The molecule has 1 aliphatic heterocycles. The molecule has 1 unspecified atom stereocenters. The van der Waals surface area contributed by atoms with E-state index in [-0.39, 0.29) is 5.60 Å². The monoisotopic (exact) mass is 221 g/mol. The molecular formula is C8H20N3O2P. The largest absolute Gasteiger partial charge is 0.330 e. The van der Waals surface area contributed by atoms with E-state index < -0.39 is 8.15 Å². The molecule has 0 bridgehead atoms. The molecule has 1 saturated heterocycles. The van der Waals surface area contributed by atoms with Crippen LogP contribution < -0.4 is 17.2 Å². The first-order chi connectivity index (χ1) is 6.76. The number of rotatable bonds is 6. The second kappa shape index (κ2) is 5.95. The first-order valence-electron chi connectivity index (χ1n) is 4.97. The average molecular weight is 221 g/mol. The van der Waals surface area contributed by atoms with Gasteiger partial charge in [0.25, 0.3) is 0 Å². The quantitative estimate of drug-likeness (QED) is 0.424. The molecule has 1 atom stereocenters. The minimum absolute atomic E-state index is 0.232. The summed E-state index contributed by atoms with van der Waals surface area (Å²) in [5.41, 5.74) is 16.3. The number of nitrogens with two attached hydrogens (primary N) is 3. The molecular weight excluding hydrogens is 201 g/mol. The van der Waals surface area contributed by atoms with Gasteiger partial charge in [-0.15, -0.1) is 0 Å². The molecule has 0 amide bonds. The van der Waals surface area contributed by atoms with E-state index in [0.29, 0.717) is 19.6 Å². The molecule has 84 valence electrons. The zero-order chi connectivity index (χ0) is 10.4. The minimum Gasteiger partial charge on any atom is -0.330 e. The zero-order valence-corrected chi connectivity index (χ0v) is 9.34. The van der Waals surface area contributed by atoms with Crippen molar-refractivity contribution in [1.82, 2.24) is 0 Å². The van der Waals surface area contributed by atoms with Gasteiger partial charge in [-0.25, -0.2) is 9.56 Å². The molecule has 0 spiro atoms. The van der Waals surface area contributed by atoms with Gasteiger partial charge in [0.2, 0.25) is 0 Å². The van der Waals surface area contributed by atoms with E-state index in [9.17, 15) is 0 Å². The predicted octanol–water partition coefficient (Wildman–Crippen LogP) is -0.260. The third-order valence-electron chi connectivity index (χ3n) is 2.36. The van der Waals surface area contributed by atoms with E-state index in [1.54, 1.807) is 0 Å².